The lowest BCUT2D eigenvalue weighted by Crippen LogP contribution is -2.34. The van der Waals surface area contributed by atoms with Gasteiger partial charge in [0.1, 0.15) is 19.8 Å². The highest BCUT2D eigenvalue weighted by Crippen LogP contribution is 2.07. The maximum Gasteiger partial charge on any atom is 0.302 e. The van der Waals surface area contributed by atoms with E-state index < -0.39 is 11.6 Å². The third-order valence-corrected chi connectivity index (χ3v) is 4.42. The van der Waals surface area contributed by atoms with E-state index in [2.05, 4.69) is 0 Å². The van der Waals surface area contributed by atoms with Crippen molar-refractivity contribution in [2.45, 2.75) is 20.8 Å². The summed E-state index contributed by atoms with van der Waals surface area (Å²) >= 11 is 0. The van der Waals surface area contributed by atoms with Gasteiger partial charge in [-0.1, -0.05) is 60.7 Å². The number of carbonyl (C=O) groups is 5. The number of carbonyl (C=O) groups excluding carboxylic acids is 5. The molecule has 188 valence electrons. The Morgan fingerprint density at radius 1 is 0.543 bits per heavy atom. The molecule has 0 aromatic heterocycles. The molecule has 2 aromatic rings. The van der Waals surface area contributed by atoms with Crippen LogP contribution < -0.4 is 0 Å². The van der Waals surface area contributed by atoms with Crippen molar-refractivity contribution >= 4 is 29.5 Å². The van der Waals surface area contributed by atoms with Gasteiger partial charge in [-0.15, -0.1) is 0 Å². The van der Waals surface area contributed by atoms with Crippen molar-refractivity contribution in [3.63, 3.8) is 0 Å². The highest BCUT2D eigenvalue weighted by molar-refractivity contribution is 6.49. The summed E-state index contributed by atoms with van der Waals surface area (Å²) in [7, 11) is 0. The number of benzene rings is 2. The molecule has 0 saturated carbocycles. The number of hydrogen-bond donors (Lipinski definition) is 0. The molecular formula is C26H31NO8. The molecule has 0 amide bonds. The Morgan fingerprint density at radius 2 is 0.829 bits per heavy atom. The molecule has 9 heteroatoms. The Kier molecular flexibility index (Phi) is 13.9. The minimum atomic E-state index is -0.466. The standard InChI is InChI=1S/C14H10O2.C12H21NO6/c15-13(11-7-3-1-4-8-11)14(16)12-9-5-2-6-10-12;1-10(14)17-7-4-13(5-8-18-11(2)15)6-9-19-12(3)16/h1-10H;4-9H2,1-3H3. The van der Waals surface area contributed by atoms with Crippen LogP contribution in [0, 0.1) is 0 Å². The smallest absolute Gasteiger partial charge is 0.302 e. The Bertz CT molecular complexity index is 863. The third kappa shape index (κ3) is 13.4. The van der Waals surface area contributed by atoms with E-state index in [1.165, 1.54) is 20.8 Å². The minimum absolute atomic E-state index is 0.246. The van der Waals surface area contributed by atoms with E-state index in [9.17, 15) is 24.0 Å². The van der Waals surface area contributed by atoms with Crippen LogP contribution in [0.25, 0.3) is 0 Å². The largest absolute Gasteiger partial charge is 0.465 e. The van der Waals surface area contributed by atoms with E-state index in [0.717, 1.165) is 0 Å². The van der Waals surface area contributed by atoms with Gasteiger partial charge in [0, 0.05) is 51.5 Å². The van der Waals surface area contributed by atoms with Gasteiger partial charge in [0.2, 0.25) is 11.6 Å². The molecule has 0 heterocycles. The Morgan fingerprint density at radius 3 is 1.09 bits per heavy atom. The molecule has 0 aliphatic carbocycles. The van der Waals surface area contributed by atoms with Crippen molar-refractivity contribution in [2.24, 2.45) is 0 Å². The van der Waals surface area contributed by atoms with Gasteiger partial charge in [0.15, 0.2) is 0 Å². The average molecular weight is 486 g/mol. The van der Waals surface area contributed by atoms with Crippen molar-refractivity contribution in [2.75, 3.05) is 39.5 Å². The lowest BCUT2D eigenvalue weighted by molar-refractivity contribution is -0.141. The molecule has 0 N–H and O–H groups in total. The summed E-state index contributed by atoms with van der Waals surface area (Å²) in [5, 5.41) is 0. The van der Waals surface area contributed by atoms with E-state index in [4.69, 9.17) is 14.2 Å². The van der Waals surface area contributed by atoms with Gasteiger partial charge in [-0.2, -0.15) is 0 Å². The highest BCUT2D eigenvalue weighted by atomic mass is 16.5. The van der Waals surface area contributed by atoms with Gasteiger partial charge < -0.3 is 14.2 Å². The Labute approximate surface area is 205 Å². The van der Waals surface area contributed by atoms with Crippen molar-refractivity contribution in [1.29, 1.82) is 0 Å². The summed E-state index contributed by atoms with van der Waals surface area (Å²) in [6.45, 7) is 6.21. The van der Waals surface area contributed by atoms with E-state index in [1.807, 2.05) is 17.0 Å². The second-order valence-electron chi connectivity index (χ2n) is 7.25. The van der Waals surface area contributed by atoms with Crippen molar-refractivity contribution in [3.05, 3.63) is 71.8 Å². The van der Waals surface area contributed by atoms with Crippen LogP contribution in [0.2, 0.25) is 0 Å². The number of esters is 3. The molecule has 2 rings (SSSR count). The second kappa shape index (κ2) is 16.7. The molecule has 0 unspecified atom stereocenters. The molecule has 2 aromatic carbocycles. The van der Waals surface area contributed by atoms with Crippen LogP contribution in [-0.4, -0.2) is 73.8 Å². The first-order chi connectivity index (χ1) is 16.7. The molecule has 0 bridgehead atoms. The van der Waals surface area contributed by atoms with Gasteiger partial charge in [0.25, 0.3) is 0 Å². The molecule has 35 heavy (non-hydrogen) atoms. The van der Waals surface area contributed by atoms with E-state index >= 15 is 0 Å². The van der Waals surface area contributed by atoms with Crippen LogP contribution in [0.1, 0.15) is 41.5 Å². The van der Waals surface area contributed by atoms with Crippen molar-refractivity contribution in [1.82, 2.24) is 4.90 Å². The maximum absolute atomic E-state index is 11.8. The zero-order valence-electron chi connectivity index (χ0n) is 20.2. The minimum Gasteiger partial charge on any atom is -0.465 e. The molecule has 9 nitrogen and oxygen atoms in total. The Hall–Kier alpha value is -3.85. The SMILES string of the molecule is CC(=O)OCCN(CCOC(C)=O)CCOC(C)=O.O=C(C(=O)c1ccccc1)c1ccccc1. The summed E-state index contributed by atoms with van der Waals surface area (Å²) in [6, 6.07) is 17.2. The van der Waals surface area contributed by atoms with Gasteiger partial charge in [-0.25, -0.2) is 0 Å². The summed E-state index contributed by atoms with van der Waals surface area (Å²) in [5.41, 5.74) is 0.854. The number of nitrogens with zero attached hydrogens (tertiary/aromatic N) is 1. The molecule has 0 fully saturated rings. The van der Waals surface area contributed by atoms with Gasteiger partial charge in [-0.3, -0.25) is 28.9 Å². The highest BCUT2D eigenvalue weighted by Gasteiger charge is 2.17. The first-order valence-electron chi connectivity index (χ1n) is 11.0. The second-order valence-corrected chi connectivity index (χ2v) is 7.25. The summed E-state index contributed by atoms with van der Waals surface area (Å²) < 4.78 is 14.5. The molecule has 0 saturated heterocycles. The molecule has 0 atom stereocenters. The van der Waals surface area contributed by atoms with Crippen LogP contribution in [0.3, 0.4) is 0 Å². The molecular weight excluding hydrogens is 454 g/mol. The number of ketones is 2. The molecule has 0 aliphatic rings. The predicted octanol–water partition coefficient (Wildman–Crippen LogP) is 2.73. The van der Waals surface area contributed by atoms with Gasteiger partial charge in [0.05, 0.1) is 0 Å². The fraction of sp³-hybridized carbons (Fsp3) is 0.346. The number of hydrogen-bond acceptors (Lipinski definition) is 9. The van der Waals surface area contributed by atoms with Gasteiger partial charge >= 0.3 is 17.9 Å². The fourth-order valence-corrected chi connectivity index (χ4v) is 2.73. The van der Waals surface area contributed by atoms with Crippen LogP contribution in [0.15, 0.2) is 60.7 Å². The predicted molar refractivity (Wildman–Crippen MR) is 128 cm³/mol. The van der Waals surface area contributed by atoms with E-state index in [0.29, 0.717) is 30.8 Å². The van der Waals surface area contributed by atoms with E-state index in [1.54, 1.807) is 48.5 Å². The third-order valence-electron chi connectivity index (χ3n) is 4.42. The summed E-state index contributed by atoms with van der Waals surface area (Å²) in [6.07, 6.45) is 0. The van der Waals surface area contributed by atoms with Crippen LogP contribution in [0.4, 0.5) is 0 Å². The molecule has 0 radical (unpaired) electrons. The summed E-state index contributed by atoms with van der Waals surface area (Å²) in [5.74, 6) is -1.97. The fourth-order valence-electron chi connectivity index (χ4n) is 2.73. The maximum atomic E-state index is 11.8. The first kappa shape index (κ1) is 29.2. The van der Waals surface area contributed by atoms with Crippen LogP contribution in [-0.2, 0) is 28.6 Å². The quantitative estimate of drug-likeness (QED) is 0.194. The zero-order valence-corrected chi connectivity index (χ0v) is 20.2. The van der Waals surface area contributed by atoms with Crippen molar-refractivity contribution < 1.29 is 38.2 Å². The summed E-state index contributed by atoms with van der Waals surface area (Å²) in [4.78, 5) is 57.4. The van der Waals surface area contributed by atoms with Crippen LogP contribution in [0.5, 0.6) is 0 Å². The zero-order chi connectivity index (χ0) is 26.1. The number of rotatable bonds is 12. The lowest BCUT2D eigenvalue weighted by atomic mass is 10.0. The topological polar surface area (TPSA) is 116 Å². The van der Waals surface area contributed by atoms with E-state index in [-0.39, 0.29) is 37.7 Å². The lowest BCUT2D eigenvalue weighted by Gasteiger charge is -2.21. The first-order valence-corrected chi connectivity index (χ1v) is 11.0. The Balaban J connectivity index is 0.000000353. The molecule has 0 spiro atoms. The molecule has 0 aliphatic heterocycles. The average Bonchev–Trinajstić information content (AvgIpc) is 2.83. The number of ether oxygens (including phenoxy) is 3. The normalized spacial score (nSPS) is 9.94. The van der Waals surface area contributed by atoms with Gasteiger partial charge in [-0.05, 0) is 0 Å². The monoisotopic (exact) mass is 485 g/mol. The van der Waals surface area contributed by atoms with Crippen LogP contribution >= 0.6 is 0 Å². The number of Topliss-reactive ketones (excluding diaryl/α,β-unsaturated/α-hetero) is 2. The van der Waals surface area contributed by atoms with Crippen molar-refractivity contribution in [3.8, 4) is 0 Å².